The molecule has 3 rings (SSSR count). The van der Waals surface area contributed by atoms with Gasteiger partial charge >= 0.3 is 0 Å². The first-order chi connectivity index (χ1) is 11.8. The van der Waals surface area contributed by atoms with Gasteiger partial charge in [-0.1, -0.05) is 72.8 Å². The Morgan fingerprint density at radius 3 is 2.16 bits per heavy atom. The largest absolute Gasteiger partial charge is 0.489 e. The van der Waals surface area contributed by atoms with E-state index in [9.17, 15) is 0 Å². The number of nitrogens with one attached hydrogen (secondary N) is 1. The van der Waals surface area contributed by atoms with Crippen molar-refractivity contribution < 1.29 is 4.74 Å². The monoisotopic (exact) mass is 353 g/mol. The number of hydrogen-bond acceptors (Lipinski definition) is 2. The van der Waals surface area contributed by atoms with E-state index in [1.54, 1.807) is 0 Å². The van der Waals surface area contributed by atoms with E-state index in [0.29, 0.717) is 12.6 Å². The lowest BCUT2D eigenvalue weighted by atomic mass is 10.1. The lowest BCUT2D eigenvalue weighted by Crippen LogP contribution is -2.17. The molecule has 0 aromatic heterocycles. The molecule has 0 saturated heterocycles. The zero-order valence-corrected chi connectivity index (χ0v) is 15.2. The number of rotatable bonds is 7. The second kappa shape index (κ2) is 9.87. The molecule has 3 aromatic rings. The third-order valence-electron chi connectivity index (χ3n) is 4.06. The number of halogens is 1. The van der Waals surface area contributed by atoms with Crippen LogP contribution in [0.4, 0.5) is 0 Å². The van der Waals surface area contributed by atoms with Gasteiger partial charge < -0.3 is 10.1 Å². The quantitative estimate of drug-likeness (QED) is 0.602. The van der Waals surface area contributed by atoms with E-state index in [-0.39, 0.29) is 12.4 Å². The van der Waals surface area contributed by atoms with Gasteiger partial charge in [0.15, 0.2) is 0 Å². The van der Waals surface area contributed by atoms with Crippen LogP contribution in [-0.2, 0) is 13.2 Å². The van der Waals surface area contributed by atoms with E-state index in [1.165, 1.54) is 16.7 Å². The van der Waals surface area contributed by atoms with Crippen molar-refractivity contribution in [1.29, 1.82) is 0 Å². The molecule has 0 amide bonds. The Kier molecular flexibility index (Phi) is 7.52. The normalized spacial score (nSPS) is 11.4. The Labute approximate surface area is 156 Å². The van der Waals surface area contributed by atoms with Crippen LogP contribution < -0.4 is 10.1 Å². The van der Waals surface area contributed by atoms with Crippen LogP contribution in [0.25, 0.3) is 0 Å². The third-order valence-corrected chi connectivity index (χ3v) is 4.06. The molecule has 0 aliphatic carbocycles. The topological polar surface area (TPSA) is 21.3 Å². The van der Waals surface area contributed by atoms with E-state index in [0.717, 1.165) is 12.3 Å². The molecule has 0 saturated carbocycles. The van der Waals surface area contributed by atoms with Crippen molar-refractivity contribution >= 4 is 12.4 Å². The molecule has 130 valence electrons. The van der Waals surface area contributed by atoms with E-state index in [2.05, 4.69) is 60.8 Å². The lowest BCUT2D eigenvalue weighted by Gasteiger charge is -2.15. The molecule has 0 aliphatic rings. The van der Waals surface area contributed by atoms with Gasteiger partial charge in [-0.2, -0.15) is 0 Å². The second-order valence-electron chi connectivity index (χ2n) is 5.93. The fraction of sp³-hybridized carbons (Fsp3) is 0.182. The van der Waals surface area contributed by atoms with Crippen molar-refractivity contribution in [1.82, 2.24) is 5.32 Å². The summed E-state index contributed by atoms with van der Waals surface area (Å²) in [4.78, 5) is 0. The Morgan fingerprint density at radius 1 is 0.800 bits per heavy atom. The molecule has 3 heteroatoms. The standard InChI is InChI=1S/C22H23NO.ClH/c1-18(21-12-6-3-7-13-21)23-16-20-11-8-14-22(15-20)24-17-19-9-4-2-5-10-19;/h2-15,18,23H,16-17H2,1H3;1H. The van der Waals surface area contributed by atoms with Crippen molar-refractivity contribution in [2.24, 2.45) is 0 Å². The summed E-state index contributed by atoms with van der Waals surface area (Å²) in [6.45, 7) is 3.60. The molecule has 1 N–H and O–H groups in total. The van der Waals surface area contributed by atoms with Crippen LogP contribution in [0.3, 0.4) is 0 Å². The van der Waals surface area contributed by atoms with Gasteiger partial charge in [0.05, 0.1) is 0 Å². The maximum absolute atomic E-state index is 5.90. The minimum absolute atomic E-state index is 0. The first kappa shape index (κ1) is 19.0. The predicted octanol–water partition coefficient (Wildman–Crippen LogP) is 5.54. The molecule has 0 spiro atoms. The Bertz CT molecular complexity index is 746. The molecular weight excluding hydrogens is 330 g/mol. The summed E-state index contributed by atoms with van der Waals surface area (Å²) in [6, 6.07) is 29.3. The van der Waals surface area contributed by atoms with Crippen LogP contribution >= 0.6 is 12.4 Å². The van der Waals surface area contributed by atoms with Gasteiger partial charge in [0.25, 0.3) is 0 Å². The molecule has 0 bridgehead atoms. The van der Waals surface area contributed by atoms with E-state index in [1.807, 2.05) is 36.4 Å². The van der Waals surface area contributed by atoms with E-state index in [4.69, 9.17) is 4.74 Å². The van der Waals surface area contributed by atoms with Gasteiger partial charge in [0.1, 0.15) is 12.4 Å². The van der Waals surface area contributed by atoms with Crippen molar-refractivity contribution in [2.75, 3.05) is 0 Å². The summed E-state index contributed by atoms with van der Waals surface area (Å²) in [7, 11) is 0. The summed E-state index contributed by atoms with van der Waals surface area (Å²) in [5, 5.41) is 3.56. The van der Waals surface area contributed by atoms with Gasteiger partial charge in [-0.05, 0) is 35.7 Å². The van der Waals surface area contributed by atoms with Gasteiger partial charge in [0.2, 0.25) is 0 Å². The SMILES string of the molecule is CC(NCc1cccc(OCc2ccccc2)c1)c1ccccc1.Cl. The van der Waals surface area contributed by atoms with Gasteiger partial charge in [-0.15, -0.1) is 12.4 Å². The first-order valence-corrected chi connectivity index (χ1v) is 8.35. The number of hydrogen-bond donors (Lipinski definition) is 1. The summed E-state index contributed by atoms with van der Waals surface area (Å²) >= 11 is 0. The molecule has 0 fully saturated rings. The van der Waals surface area contributed by atoms with Crippen LogP contribution in [0.5, 0.6) is 5.75 Å². The zero-order chi connectivity index (χ0) is 16.6. The highest BCUT2D eigenvalue weighted by molar-refractivity contribution is 5.85. The average molecular weight is 354 g/mol. The maximum atomic E-state index is 5.90. The summed E-state index contributed by atoms with van der Waals surface area (Å²) in [6.07, 6.45) is 0. The predicted molar refractivity (Wildman–Crippen MR) is 106 cm³/mol. The fourth-order valence-corrected chi connectivity index (χ4v) is 2.62. The highest BCUT2D eigenvalue weighted by Crippen LogP contribution is 2.17. The maximum Gasteiger partial charge on any atom is 0.120 e. The minimum atomic E-state index is 0. The zero-order valence-electron chi connectivity index (χ0n) is 14.4. The van der Waals surface area contributed by atoms with E-state index < -0.39 is 0 Å². The average Bonchev–Trinajstić information content (AvgIpc) is 2.66. The molecule has 0 radical (unpaired) electrons. The highest BCUT2D eigenvalue weighted by Gasteiger charge is 2.04. The van der Waals surface area contributed by atoms with Crippen molar-refractivity contribution in [3.05, 3.63) is 102 Å². The van der Waals surface area contributed by atoms with Crippen molar-refractivity contribution in [3.8, 4) is 5.75 Å². The second-order valence-corrected chi connectivity index (χ2v) is 5.93. The Morgan fingerprint density at radius 2 is 1.44 bits per heavy atom. The molecule has 1 atom stereocenters. The Balaban J connectivity index is 0.00000225. The minimum Gasteiger partial charge on any atom is -0.489 e. The first-order valence-electron chi connectivity index (χ1n) is 8.35. The van der Waals surface area contributed by atoms with Crippen LogP contribution in [0.2, 0.25) is 0 Å². The van der Waals surface area contributed by atoms with Crippen LogP contribution in [0, 0.1) is 0 Å². The molecular formula is C22H24ClNO. The van der Waals surface area contributed by atoms with Gasteiger partial charge in [0, 0.05) is 12.6 Å². The molecule has 0 heterocycles. The van der Waals surface area contributed by atoms with Crippen LogP contribution in [0.15, 0.2) is 84.9 Å². The molecule has 0 aliphatic heterocycles. The molecule has 25 heavy (non-hydrogen) atoms. The lowest BCUT2D eigenvalue weighted by molar-refractivity contribution is 0.306. The molecule has 2 nitrogen and oxygen atoms in total. The summed E-state index contributed by atoms with van der Waals surface area (Å²) < 4.78 is 5.90. The van der Waals surface area contributed by atoms with Gasteiger partial charge in [-0.25, -0.2) is 0 Å². The van der Waals surface area contributed by atoms with Crippen LogP contribution in [-0.4, -0.2) is 0 Å². The third kappa shape index (κ3) is 5.93. The fourth-order valence-electron chi connectivity index (χ4n) is 2.62. The highest BCUT2D eigenvalue weighted by atomic mass is 35.5. The van der Waals surface area contributed by atoms with E-state index >= 15 is 0 Å². The Hall–Kier alpha value is -2.29. The van der Waals surface area contributed by atoms with Crippen molar-refractivity contribution in [2.45, 2.75) is 26.1 Å². The number of benzene rings is 3. The van der Waals surface area contributed by atoms with Crippen LogP contribution in [0.1, 0.15) is 29.7 Å². The molecule has 3 aromatic carbocycles. The van der Waals surface area contributed by atoms with Crippen molar-refractivity contribution in [3.63, 3.8) is 0 Å². The summed E-state index contributed by atoms with van der Waals surface area (Å²) in [5.41, 5.74) is 3.70. The number of ether oxygens (including phenoxy) is 1. The molecule has 1 unspecified atom stereocenters. The van der Waals surface area contributed by atoms with Gasteiger partial charge in [-0.3, -0.25) is 0 Å². The smallest absolute Gasteiger partial charge is 0.120 e. The summed E-state index contributed by atoms with van der Waals surface area (Å²) in [5.74, 6) is 0.908.